The van der Waals surface area contributed by atoms with Crippen LogP contribution >= 0.6 is 23.8 Å². The van der Waals surface area contributed by atoms with Crippen molar-refractivity contribution in [3.8, 4) is 5.75 Å². The molecule has 0 saturated carbocycles. The van der Waals surface area contributed by atoms with E-state index in [1.165, 1.54) is 23.3 Å². The molecule has 0 amide bonds. The summed E-state index contributed by atoms with van der Waals surface area (Å²) in [6, 6.07) is 13.7. The Hall–Kier alpha value is -2.58. The molecule has 9 heteroatoms. The van der Waals surface area contributed by atoms with Crippen LogP contribution in [0, 0.1) is 4.77 Å². The minimum atomic E-state index is -2.91. The van der Waals surface area contributed by atoms with Crippen molar-refractivity contribution < 1.29 is 13.5 Å². The van der Waals surface area contributed by atoms with E-state index in [4.69, 9.17) is 23.8 Å². The normalized spacial score (nSPS) is 11.4. The van der Waals surface area contributed by atoms with E-state index in [1.807, 2.05) is 18.2 Å². The van der Waals surface area contributed by atoms with Gasteiger partial charge in [-0.3, -0.25) is 0 Å². The second-order valence-electron chi connectivity index (χ2n) is 5.17. The Balaban J connectivity index is 1.82. The zero-order valence-corrected chi connectivity index (χ0v) is 14.9. The Kier molecular flexibility index (Phi) is 5.75. The lowest BCUT2D eigenvalue weighted by atomic mass is 10.2. The van der Waals surface area contributed by atoms with E-state index in [0.717, 1.165) is 5.56 Å². The van der Waals surface area contributed by atoms with Gasteiger partial charge in [-0.15, -0.1) is 0 Å². The van der Waals surface area contributed by atoms with Crippen LogP contribution in [0.4, 0.5) is 8.78 Å². The summed E-state index contributed by atoms with van der Waals surface area (Å²) in [7, 11) is 0. The largest absolute Gasteiger partial charge is 0.434 e. The summed E-state index contributed by atoms with van der Waals surface area (Å²) >= 11 is 11.5. The predicted molar refractivity (Wildman–Crippen MR) is 97.7 cm³/mol. The fraction of sp³-hybridized carbons (Fsp3) is 0.118. The molecule has 1 heterocycles. The predicted octanol–water partition coefficient (Wildman–Crippen LogP) is 4.60. The molecular formula is C17H13ClF2N4OS. The number of benzene rings is 2. The van der Waals surface area contributed by atoms with Crippen molar-refractivity contribution >= 4 is 30.0 Å². The molecule has 3 aromatic rings. The number of ether oxygens (including phenoxy) is 1. The van der Waals surface area contributed by atoms with Crippen LogP contribution in [-0.2, 0) is 6.54 Å². The van der Waals surface area contributed by atoms with E-state index in [2.05, 4.69) is 14.9 Å². The molecule has 0 N–H and O–H groups in total. The van der Waals surface area contributed by atoms with Gasteiger partial charge in [0.05, 0.1) is 12.8 Å². The molecule has 3 rings (SSSR count). The van der Waals surface area contributed by atoms with E-state index >= 15 is 0 Å². The monoisotopic (exact) mass is 394 g/mol. The number of aromatic nitrogens is 3. The van der Waals surface area contributed by atoms with Gasteiger partial charge in [0.25, 0.3) is 0 Å². The molecule has 26 heavy (non-hydrogen) atoms. The number of hydrogen-bond acceptors (Lipinski definition) is 4. The first-order valence-electron chi connectivity index (χ1n) is 7.50. The van der Waals surface area contributed by atoms with Crippen molar-refractivity contribution in [1.82, 2.24) is 14.5 Å². The van der Waals surface area contributed by atoms with E-state index in [9.17, 15) is 8.78 Å². The summed E-state index contributed by atoms with van der Waals surface area (Å²) < 4.78 is 32.7. The van der Waals surface area contributed by atoms with Crippen molar-refractivity contribution in [2.24, 2.45) is 5.10 Å². The minimum Gasteiger partial charge on any atom is -0.434 e. The number of nitrogens with zero attached hydrogens (tertiary/aromatic N) is 4. The maximum Gasteiger partial charge on any atom is 0.387 e. The first-order chi connectivity index (χ1) is 12.5. The van der Waals surface area contributed by atoms with Gasteiger partial charge in [0.15, 0.2) is 0 Å². The van der Waals surface area contributed by atoms with Crippen LogP contribution in [0.15, 0.2) is 60.0 Å². The van der Waals surface area contributed by atoms with Crippen molar-refractivity contribution in [3.05, 3.63) is 75.8 Å². The molecule has 0 aliphatic rings. The molecule has 0 fully saturated rings. The first kappa shape index (κ1) is 18.2. The smallest absolute Gasteiger partial charge is 0.387 e. The number of para-hydroxylation sites is 1. The van der Waals surface area contributed by atoms with Gasteiger partial charge in [0, 0.05) is 10.6 Å². The summed E-state index contributed by atoms with van der Waals surface area (Å²) in [5, 5.41) is 8.98. The zero-order valence-electron chi connectivity index (χ0n) is 13.3. The van der Waals surface area contributed by atoms with Gasteiger partial charge >= 0.3 is 6.61 Å². The molecule has 0 aliphatic carbocycles. The van der Waals surface area contributed by atoms with E-state index < -0.39 is 6.61 Å². The standard InChI is InChI=1S/C17H13ClF2N4OS/c18-14-7-3-1-6-13(14)10-23-17(26)24(11-22-23)21-9-12-5-2-4-8-15(12)25-16(19)20/h1-9,11,16H,10H2/b21-9+. The van der Waals surface area contributed by atoms with Crippen LogP contribution in [-0.4, -0.2) is 27.3 Å². The van der Waals surface area contributed by atoms with Crippen LogP contribution in [0.25, 0.3) is 0 Å². The second kappa shape index (κ2) is 8.20. The van der Waals surface area contributed by atoms with Crippen molar-refractivity contribution in [2.75, 3.05) is 0 Å². The van der Waals surface area contributed by atoms with Crippen molar-refractivity contribution in [2.45, 2.75) is 13.2 Å². The Morgan fingerprint density at radius 2 is 1.92 bits per heavy atom. The number of halogens is 3. The highest BCUT2D eigenvalue weighted by atomic mass is 35.5. The van der Waals surface area contributed by atoms with Crippen LogP contribution in [0.2, 0.25) is 5.02 Å². The molecule has 0 unspecified atom stereocenters. The van der Waals surface area contributed by atoms with Gasteiger partial charge in [-0.05, 0) is 36.0 Å². The van der Waals surface area contributed by atoms with Crippen LogP contribution in [0.3, 0.4) is 0 Å². The van der Waals surface area contributed by atoms with E-state index in [1.54, 1.807) is 28.9 Å². The molecular weight excluding hydrogens is 382 g/mol. The lowest BCUT2D eigenvalue weighted by Crippen LogP contribution is -2.04. The molecule has 0 atom stereocenters. The molecule has 0 aliphatic heterocycles. The van der Waals surface area contributed by atoms with Gasteiger partial charge in [-0.1, -0.05) is 41.9 Å². The third kappa shape index (κ3) is 4.33. The maximum absolute atomic E-state index is 12.5. The lowest BCUT2D eigenvalue weighted by Gasteiger charge is -2.06. The molecule has 0 saturated heterocycles. The molecule has 5 nitrogen and oxygen atoms in total. The van der Waals surface area contributed by atoms with E-state index in [-0.39, 0.29) is 5.75 Å². The lowest BCUT2D eigenvalue weighted by molar-refractivity contribution is -0.0499. The Bertz CT molecular complexity index is 987. The van der Waals surface area contributed by atoms with Gasteiger partial charge in [-0.25, -0.2) is 4.68 Å². The molecule has 0 bridgehead atoms. The molecule has 2 aromatic carbocycles. The van der Waals surface area contributed by atoms with Gasteiger partial charge in [-0.2, -0.15) is 23.7 Å². The minimum absolute atomic E-state index is 0.0289. The molecule has 0 spiro atoms. The van der Waals surface area contributed by atoms with Gasteiger partial charge in [0.1, 0.15) is 12.1 Å². The quantitative estimate of drug-likeness (QED) is 0.453. The summed E-state index contributed by atoms with van der Waals surface area (Å²) in [6.45, 7) is -2.52. The zero-order chi connectivity index (χ0) is 18.5. The highest BCUT2D eigenvalue weighted by Gasteiger charge is 2.08. The third-order valence-corrected chi connectivity index (χ3v) is 4.22. The third-order valence-electron chi connectivity index (χ3n) is 3.45. The molecule has 134 valence electrons. The highest BCUT2D eigenvalue weighted by Crippen LogP contribution is 2.19. The second-order valence-corrected chi connectivity index (χ2v) is 5.94. The van der Waals surface area contributed by atoms with Crippen LogP contribution < -0.4 is 4.74 Å². The number of alkyl halides is 2. The SMILES string of the molecule is FC(F)Oc1ccccc1/C=N/n1cnn(Cc2ccccc2Cl)c1=S. The molecule has 0 radical (unpaired) electrons. The van der Waals surface area contributed by atoms with Crippen LogP contribution in [0.1, 0.15) is 11.1 Å². The van der Waals surface area contributed by atoms with Crippen LogP contribution in [0.5, 0.6) is 5.75 Å². The number of rotatable bonds is 6. The number of hydrogen-bond donors (Lipinski definition) is 0. The Morgan fingerprint density at radius 3 is 2.69 bits per heavy atom. The maximum atomic E-state index is 12.5. The van der Waals surface area contributed by atoms with Gasteiger partial charge in [0.2, 0.25) is 4.77 Å². The topological polar surface area (TPSA) is 44.3 Å². The first-order valence-corrected chi connectivity index (χ1v) is 8.29. The summed E-state index contributed by atoms with van der Waals surface area (Å²) in [5.41, 5.74) is 1.27. The molecule has 1 aromatic heterocycles. The summed E-state index contributed by atoms with van der Waals surface area (Å²) in [5.74, 6) is 0.0289. The summed E-state index contributed by atoms with van der Waals surface area (Å²) in [4.78, 5) is 0. The fourth-order valence-corrected chi connectivity index (χ4v) is 2.62. The highest BCUT2D eigenvalue weighted by molar-refractivity contribution is 7.71. The fourth-order valence-electron chi connectivity index (χ4n) is 2.22. The Morgan fingerprint density at radius 1 is 1.19 bits per heavy atom. The van der Waals surface area contributed by atoms with Crippen molar-refractivity contribution in [1.29, 1.82) is 0 Å². The average Bonchev–Trinajstić information content (AvgIpc) is 2.96. The van der Waals surface area contributed by atoms with Gasteiger partial charge < -0.3 is 4.74 Å². The average molecular weight is 395 g/mol. The van der Waals surface area contributed by atoms with E-state index in [0.29, 0.717) is 21.9 Å². The Labute approximate surface area is 158 Å². The summed E-state index contributed by atoms with van der Waals surface area (Å²) in [6.07, 6.45) is 2.82. The van der Waals surface area contributed by atoms with Crippen molar-refractivity contribution in [3.63, 3.8) is 0 Å².